The Bertz CT molecular complexity index is 1470. The average molecular weight is 551 g/mol. The summed E-state index contributed by atoms with van der Waals surface area (Å²) in [4.78, 5) is 43.2. The summed E-state index contributed by atoms with van der Waals surface area (Å²) in [5.74, 6) is -1.77. The van der Waals surface area contributed by atoms with Crippen molar-refractivity contribution < 1.29 is 28.6 Å². The van der Waals surface area contributed by atoms with Gasteiger partial charge in [0.1, 0.15) is 12.4 Å². The lowest BCUT2D eigenvalue weighted by Crippen LogP contribution is -2.46. The van der Waals surface area contributed by atoms with E-state index in [1.54, 1.807) is 19.9 Å². The molecule has 0 radical (unpaired) electrons. The van der Waals surface area contributed by atoms with E-state index in [-0.39, 0.29) is 53.6 Å². The lowest BCUT2D eigenvalue weighted by Gasteiger charge is -2.33. The van der Waals surface area contributed by atoms with Crippen LogP contribution in [-0.2, 0) is 32.0 Å². The molecule has 7 nitrogen and oxygen atoms in total. The smallest absolute Gasteiger partial charge is 0.343 e. The Morgan fingerprint density at radius 2 is 2.00 bits per heavy atom. The largest absolute Gasteiger partial charge is 0.458 e. The molecule has 2 N–H and O–H groups in total. The molecule has 2 aliphatic rings. The number of esters is 1. The van der Waals surface area contributed by atoms with E-state index in [0.717, 1.165) is 22.1 Å². The molecule has 0 fully saturated rings. The highest BCUT2D eigenvalue weighted by atomic mass is 19.1. The number of ketones is 1. The normalized spacial score (nSPS) is 21.9. The molecule has 40 heavy (non-hydrogen) atoms. The maximum Gasteiger partial charge on any atom is 0.343 e. The van der Waals surface area contributed by atoms with Crippen molar-refractivity contribution in [3.63, 3.8) is 0 Å². The van der Waals surface area contributed by atoms with Crippen LogP contribution in [0.4, 0.5) is 4.39 Å². The number of carbonyl (C=O) groups is 3. The number of hydrogen-bond donors (Lipinski definition) is 2. The van der Waals surface area contributed by atoms with E-state index >= 15 is 4.39 Å². The molecule has 4 rings (SSSR count). The summed E-state index contributed by atoms with van der Waals surface area (Å²) in [6, 6.07) is 1.17. The molecule has 0 spiro atoms. The molecule has 1 amide bonds. The van der Waals surface area contributed by atoms with Crippen LogP contribution in [0.25, 0.3) is 16.5 Å². The van der Waals surface area contributed by atoms with Gasteiger partial charge in [-0.25, -0.2) is 14.2 Å². The second-order valence-corrected chi connectivity index (χ2v) is 11.0. The molecule has 0 saturated heterocycles. The molecule has 1 aromatic carbocycles. The molecule has 8 heteroatoms. The SMILES string of the molecule is CCc1c(/C(C)=C/C2=C(C(=O)[C@H](C)CC)COC(=O)C2(O)CC)nc2cc(F)c(C)c3c2c1C(NC(C)=O)CC3. The number of aliphatic hydroxyl groups is 1. The molecule has 2 unspecified atom stereocenters. The highest BCUT2D eigenvalue weighted by Gasteiger charge is 2.45. The van der Waals surface area contributed by atoms with Crippen LogP contribution in [0.2, 0.25) is 0 Å². The van der Waals surface area contributed by atoms with E-state index < -0.39 is 11.6 Å². The molecule has 2 aromatic rings. The lowest BCUT2D eigenvalue weighted by atomic mass is 9.79. The van der Waals surface area contributed by atoms with Gasteiger partial charge in [-0.2, -0.15) is 0 Å². The number of aryl methyl sites for hydroxylation is 1. The first-order valence-corrected chi connectivity index (χ1v) is 14.2. The van der Waals surface area contributed by atoms with E-state index in [1.165, 1.54) is 13.0 Å². The van der Waals surface area contributed by atoms with Crippen molar-refractivity contribution in [2.24, 2.45) is 5.92 Å². The van der Waals surface area contributed by atoms with Crippen LogP contribution in [0.1, 0.15) is 94.8 Å². The Morgan fingerprint density at radius 1 is 1.30 bits per heavy atom. The minimum absolute atomic E-state index is 0.0255. The van der Waals surface area contributed by atoms with Crippen LogP contribution in [0, 0.1) is 18.7 Å². The monoisotopic (exact) mass is 550 g/mol. The summed E-state index contributed by atoms with van der Waals surface area (Å²) in [6.07, 6.45) is 4.13. The number of amides is 1. The van der Waals surface area contributed by atoms with Gasteiger partial charge in [0, 0.05) is 35.4 Å². The summed E-state index contributed by atoms with van der Waals surface area (Å²) in [5.41, 5.74) is 3.53. The number of pyridine rings is 1. The van der Waals surface area contributed by atoms with Gasteiger partial charge in [-0.3, -0.25) is 9.59 Å². The Hall–Kier alpha value is -3.39. The number of benzene rings is 1. The van der Waals surface area contributed by atoms with Crippen LogP contribution in [0.5, 0.6) is 0 Å². The molecule has 3 atom stereocenters. The zero-order chi connectivity index (χ0) is 29.5. The van der Waals surface area contributed by atoms with E-state index in [0.29, 0.717) is 48.0 Å². The first-order valence-electron chi connectivity index (χ1n) is 14.2. The van der Waals surface area contributed by atoms with Gasteiger partial charge in [-0.1, -0.05) is 27.7 Å². The van der Waals surface area contributed by atoms with Crippen molar-refractivity contribution >= 4 is 34.1 Å². The van der Waals surface area contributed by atoms with Crippen molar-refractivity contribution in [1.29, 1.82) is 0 Å². The van der Waals surface area contributed by atoms with E-state index in [9.17, 15) is 19.5 Å². The Balaban J connectivity index is 2.04. The lowest BCUT2D eigenvalue weighted by molar-refractivity contribution is -0.163. The first kappa shape index (κ1) is 29.6. The molecule has 2 heterocycles. The zero-order valence-electron chi connectivity index (χ0n) is 24.5. The van der Waals surface area contributed by atoms with Gasteiger partial charge in [0.25, 0.3) is 0 Å². The van der Waals surface area contributed by atoms with E-state index in [1.807, 2.05) is 27.7 Å². The maximum absolute atomic E-state index is 15.0. The van der Waals surface area contributed by atoms with Crippen molar-refractivity contribution in [2.75, 3.05) is 6.61 Å². The number of cyclic esters (lactones) is 1. The highest BCUT2D eigenvalue weighted by molar-refractivity contribution is 6.03. The van der Waals surface area contributed by atoms with Crippen LogP contribution in [0.3, 0.4) is 0 Å². The number of Topliss-reactive ketones (excluding diaryl/α,β-unsaturated/α-hetero) is 1. The molecule has 1 aliphatic heterocycles. The third kappa shape index (κ3) is 4.87. The Morgan fingerprint density at radius 3 is 2.60 bits per heavy atom. The summed E-state index contributed by atoms with van der Waals surface area (Å²) < 4.78 is 20.3. The van der Waals surface area contributed by atoms with Gasteiger partial charge in [-0.05, 0) is 79.9 Å². The summed E-state index contributed by atoms with van der Waals surface area (Å²) in [6.45, 7) is 12.3. The third-order valence-corrected chi connectivity index (χ3v) is 8.57. The second-order valence-electron chi connectivity index (χ2n) is 11.0. The molecular weight excluding hydrogens is 511 g/mol. The van der Waals surface area contributed by atoms with Gasteiger partial charge in [0.05, 0.1) is 17.3 Å². The predicted molar refractivity (Wildman–Crippen MR) is 152 cm³/mol. The number of hydrogen-bond acceptors (Lipinski definition) is 6. The number of aromatic nitrogens is 1. The molecule has 1 aromatic heterocycles. The van der Waals surface area contributed by atoms with Gasteiger partial charge in [0.15, 0.2) is 11.4 Å². The van der Waals surface area contributed by atoms with Crippen molar-refractivity contribution in [2.45, 2.75) is 92.2 Å². The molecule has 0 saturated carbocycles. The minimum atomic E-state index is -1.98. The standard InChI is InChI=1S/C32H39FN2O5/c1-8-16(4)30(37)22-15-40-31(38)32(39,10-3)23(22)13-17(5)29-20(9-2)27-25(34-19(7)36)12-11-21-18(6)24(33)14-26(35-29)28(21)27/h13-14,16,25,39H,8-12,15H2,1-7H3,(H,34,36)/b17-13+/t16-,25?,32?/m1/s1. The fraction of sp³-hybridized carbons (Fsp3) is 0.500. The molecule has 1 aliphatic carbocycles. The Kier molecular flexibility index (Phi) is 8.31. The number of halogens is 1. The number of nitrogens with zero attached hydrogens (tertiary/aromatic N) is 1. The van der Waals surface area contributed by atoms with E-state index in [4.69, 9.17) is 9.72 Å². The second kappa shape index (κ2) is 11.2. The van der Waals surface area contributed by atoms with Crippen molar-refractivity contribution in [3.8, 4) is 0 Å². The minimum Gasteiger partial charge on any atom is -0.458 e. The molecule has 0 bridgehead atoms. The number of rotatable bonds is 8. The van der Waals surface area contributed by atoms with Crippen LogP contribution < -0.4 is 5.32 Å². The topological polar surface area (TPSA) is 106 Å². The number of nitrogens with one attached hydrogen (secondary N) is 1. The number of carbonyl (C=O) groups excluding carboxylic acids is 3. The van der Waals surface area contributed by atoms with Gasteiger partial charge in [-0.15, -0.1) is 0 Å². The quantitative estimate of drug-likeness (QED) is 0.428. The van der Waals surface area contributed by atoms with E-state index in [2.05, 4.69) is 5.32 Å². The third-order valence-electron chi connectivity index (χ3n) is 8.57. The number of allylic oxidation sites excluding steroid dienone is 1. The number of ether oxygens (including phenoxy) is 1. The van der Waals surface area contributed by atoms with Gasteiger partial charge < -0.3 is 15.2 Å². The van der Waals surface area contributed by atoms with Crippen LogP contribution >= 0.6 is 0 Å². The van der Waals surface area contributed by atoms with Crippen LogP contribution in [-0.4, -0.2) is 40.0 Å². The Labute approximate surface area is 234 Å². The first-order chi connectivity index (χ1) is 18.9. The zero-order valence-corrected chi connectivity index (χ0v) is 24.5. The molecular formula is C32H39FN2O5. The average Bonchev–Trinajstić information content (AvgIpc) is 2.93. The van der Waals surface area contributed by atoms with Crippen molar-refractivity contribution in [1.82, 2.24) is 10.3 Å². The van der Waals surface area contributed by atoms with Gasteiger partial charge >= 0.3 is 5.97 Å². The fourth-order valence-corrected chi connectivity index (χ4v) is 6.05. The summed E-state index contributed by atoms with van der Waals surface area (Å²) in [5, 5.41) is 15.4. The maximum atomic E-state index is 15.0. The predicted octanol–water partition coefficient (Wildman–Crippen LogP) is 5.38. The van der Waals surface area contributed by atoms with Crippen LogP contribution in [0.15, 0.2) is 23.3 Å². The van der Waals surface area contributed by atoms with Crippen molar-refractivity contribution in [3.05, 3.63) is 57.1 Å². The molecule has 214 valence electrons. The highest BCUT2D eigenvalue weighted by Crippen LogP contribution is 2.42. The van der Waals surface area contributed by atoms with Gasteiger partial charge in [0.2, 0.25) is 5.91 Å². The fourth-order valence-electron chi connectivity index (χ4n) is 6.05. The summed E-state index contributed by atoms with van der Waals surface area (Å²) in [7, 11) is 0. The summed E-state index contributed by atoms with van der Waals surface area (Å²) >= 11 is 0.